The van der Waals surface area contributed by atoms with E-state index in [-0.39, 0.29) is 11.6 Å². The molecule has 0 spiro atoms. The van der Waals surface area contributed by atoms with Gasteiger partial charge in [-0.05, 0) is 58.3 Å². The minimum absolute atomic E-state index is 0.0923. The molecule has 3 rings (SSSR count). The van der Waals surface area contributed by atoms with Crippen molar-refractivity contribution in [2.24, 2.45) is 0 Å². The average molecular weight is 494 g/mol. The highest BCUT2D eigenvalue weighted by molar-refractivity contribution is 6.99. The van der Waals surface area contributed by atoms with Crippen LogP contribution in [0.15, 0.2) is 96.6 Å². The second kappa shape index (κ2) is 11.5. The van der Waals surface area contributed by atoms with Crippen molar-refractivity contribution in [1.29, 1.82) is 0 Å². The first-order valence-corrected chi connectivity index (χ1v) is 13.6. The quantitative estimate of drug-likeness (QED) is 0.291. The third kappa shape index (κ3) is 6.38. The van der Waals surface area contributed by atoms with E-state index in [0.29, 0.717) is 17.3 Å². The molecule has 178 valence electrons. The second-order valence-corrected chi connectivity index (χ2v) is 14.0. The highest BCUT2D eigenvalue weighted by Gasteiger charge is 2.50. The molecule has 0 bridgehead atoms. The topological polar surface area (TPSA) is 47.6 Å². The lowest BCUT2D eigenvalue weighted by Crippen LogP contribution is -2.66. The molecular formula is C28H32ClNO3Si. The van der Waals surface area contributed by atoms with Crippen LogP contribution in [-0.2, 0) is 9.16 Å². The molecule has 0 aliphatic rings. The number of nitrogens with one attached hydrogen (secondary N) is 1. The molecule has 4 nitrogen and oxygen atoms in total. The molecule has 34 heavy (non-hydrogen) atoms. The van der Waals surface area contributed by atoms with Gasteiger partial charge in [0.25, 0.3) is 8.32 Å². The fourth-order valence-electron chi connectivity index (χ4n) is 3.99. The summed E-state index contributed by atoms with van der Waals surface area (Å²) in [5, 5.41) is 5.68. The van der Waals surface area contributed by atoms with Crippen LogP contribution in [-0.4, -0.2) is 27.6 Å². The largest absolute Gasteiger partial charge is 0.445 e. The Morgan fingerprint density at radius 1 is 0.912 bits per heavy atom. The lowest BCUT2D eigenvalue weighted by molar-refractivity contribution is 0.173. The first kappa shape index (κ1) is 25.8. The molecule has 1 amide bonds. The van der Waals surface area contributed by atoms with E-state index in [9.17, 15) is 4.79 Å². The van der Waals surface area contributed by atoms with E-state index in [4.69, 9.17) is 20.8 Å². The molecule has 0 aliphatic heterocycles. The summed E-state index contributed by atoms with van der Waals surface area (Å²) in [6.07, 6.45) is 1.37. The van der Waals surface area contributed by atoms with Gasteiger partial charge < -0.3 is 9.16 Å². The lowest BCUT2D eigenvalue weighted by atomic mass is 10.2. The predicted octanol–water partition coefficient (Wildman–Crippen LogP) is 6.41. The number of halogens is 1. The van der Waals surface area contributed by atoms with Gasteiger partial charge in [-0.15, -0.1) is 0 Å². The van der Waals surface area contributed by atoms with Crippen molar-refractivity contribution in [3.63, 3.8) is 0 Å². The number of hydrogen-bond acceptors (Lipinski definition) is 3. The maximum Gasteiger partial charge on any atom is 0.411 e. The zero-order valence-corrected chi connectivity index (χ0v) is 21.9. The molecule has 6 heteroatoms. The number of hydrogen-bond donors (Lipinski definition) is 1. The molecule has 0 radical (unpaired) electrons. The van der Waals surface area contributed by atoms with Gasteiger partial charge in [-0.25, -0.2) is 4.79 Å². The highest BCUT2D eigenvalue weighted by atomic mass is 35.5. The summed E-state index contributed by atoms with van der Waals surface area (Å²) < 4.78 is 12.2. The summed E-state index contributed by atoms with van der Waals surface area (Å²) in [5.74, 6) is 0. The van der Waals surface area contributed by atoms with Crippen LogP contribution < -0.4 is 15.7 Å². The standard InChI is InChI=1S/C28H32ClNO3Si/c1-22(19-20-32-27(31)30-24-17-15-23(29)16-18-24)21-33-34(28(2,3)4,25-11-7-5-8-12-25)26-13-9-6-10-14-26/h5-19H,20-21H2,1-4H3,(H,30,31)/b22-19+. The Morgan fingerprint density at radius 2 is 1.44 bits per heavy atom. The molecular weight excluding hydrogens is 462 g/mol. The van der Waals surface area contributed by atoms with E-state index in [0.717, 1.165) is 5.57 Å². The Hall–Kier alpha value is -2.86. The van der Waals surface area contributed by atoms with Crippen LogP contribution in [0.5, 0.6) is 0 Å². The van der Waals surface area contributed by atoms with Gasteiger partial charge in [0.15, 0.2) is 0 Å². The number of carbonyl (C=O) groups excluding carboxylic acids is 1. The molecule has 0 fully saturated rings. The highest BCUT2D eigenvalue weighted by Crippen LogP contribution is 2.36. The van der Waals surface area contributed by atoms with Crippen molar-refractivity contribution in [3.8, 4) is 0 Å². The monoisotopic (exact) mass is 493 g/mol. The zero-order valence-electron chi connectivity index (χ0n) is 20.2. The Morgan fingerprint density at radius 3 is 1.94 bits per heavy atom. The fraction of sp³-hybridized carbons (Fsp3) is 0.250. The lowest BCUT2D eigenvalue weighted by Gasteiger charge is -2.43. The summed E-state index contributed by atoms with van der Waals surface area (Å²) in [6.45, 7) is 9.37. The minimum atomic E-state index is -2.60. The summed E-state index contributed by atoms with van der Waals surface area (Å²) in [6, 6.07) is 27.9. The van der Waals surface area contributed by atoms with E-state index < -0.39 is 14.4 Å². The summed E-state index contributed by atoms with van der Waals surface area (Å²) in [7, 11) is -2.60. The van der Waals surface area contributed by atoms with Gasteiger partial charge in [0.1, 0.15) is 6.61 Å². The molecule has 0 aromatic heterocycles. The van der Waals surface area contributed by atoms with Gasteiger partial charge >= 0.3 is 6.09 Å². The van der Waals surface area contributed by atoms with Gasteiger partial charge in [-0.2, -0.15) is 0 Å². The minimum Gasteiger partial charge on any atom is -0.445 e. The maximum absolute atomic E-state index is 12.1. The van der Waals surface area contributed by atoms with Crippen molar-refractivity contribution in [2.75, 3.05) is 18.5 Å². The normalized spacial score (nSPS) is 12.3. The molecule has 3 aromatic carbocycles. The summed E-state index contributed by atoms with van der Waals surface area (Å²) in [5.41, 5.74) is 1.64. The van der Waals surface area contributed by atoms with Crippen LogP contribution in [0.1, 0.15) is 27.7 Å². The average Bonchev–Trinajstić information content (AvgIpc) is 2.81. The van der Waals surface area contributed by atoms with Crippen LogP contribution in [0.25, 0.3) is 0 Å². The van der Waals surface area contributed by atoms with Gasteiger partial charge in [-0.1, -0.05) is 93.0 Å². The van der Waals surface area contributed by atoms with Crippen molar-refractivity contribution < 1.29 is 14.0 Å². The van der Waals surface area contributed by atoms with E-state index in [1.165, 1.54) is 10.4 Å². The predicted molar refractivity (Wildman–Crippen MR) is 144 cm³/mol. The number of benzene rings is 3. The number of rotatable bonds is 8. The Bertz CT molecular complexity index is 1050. The molecule has 1 N–H and O–H groups in total. The van der Waals surface area contributed by atoms with Gasteiger partial charge in [-0.3, -0.25) is 5.32 Å². The van der Waals surface area contributed by atoms with Gasteiger partial charge in [0.05, 0.1) is 6.61 Å². The van der Waals surface area contributed by atoms with Crippen molar-refractivity contribution in [2.45, 2.75) is 32.7 Å². The molecule has 0 aliphatic carbocycles. The SMILES string of the molecule is C/C(=C\COC(=O)Nc1ccc(Cl)cc1)CO[Si](c1ccccc1)(c1ccccc1)C(C)(C)C. The van der Waals surface area contributed by atoms with Gasteiger partial charge in [0.2, 0.25) is 0 Å². The van der Waals surface area contributed by atoms with Crippen molar-refractivity contribution >= 4 is 42.1 Å². The second-order valence-electron chi connectivity index (χ2n) is 9.23. The molecule has 3 aromatic rings. The fourth-order valence-corrected chi connectivity index (χ4v) is 8.71. The summed E-state index contributed by atoms with van der Waals surface area (Å²) in [4.78, 5) is 12.1. The smallest absolute Gasteiger partial charge is 0.411 e. The molecule has 0 heterocycles. The molecule has 0 saturated heterocycles. The van der Waals surface area contributed by atoms with Crippen LogP contribution in [0.2, 0.25) is 10.1 Å². The number of anilines is 1. The van der Waals surface area contributed by atoms with Crippen molar-refractivity contribution in [1.82, 2.24) is 0 Å². The third-order valence-corrected chi connectivity index (χ3v) is 10.9. The van der Waals surface area contributed by atoms with Crippen LogP contribution in [0, 0.1) is 0 Å². The Kier molecular flexibility index (Phi) is 8.72. The van der Waals surface area contributed by atoms with E-state index in [1.54, 1.807) is 24.3 Å². The van der Waals surface area contributed by atoms with Crippen LogP contribution >= 0.6 is 11.6 Å². The number of amides is 1. The number of carbonyl (C=O) groups is 1. The van der Waals surface area contributed by atoms with Crippen molar-refractivity contribution in [3.05, 3.63) is 102 Å². The molecule has 0 atom stereocenters. The number of ether oxygens (including phenoxy) is 1. The van der Waals surface area contributed by atoms with Crippen LogP contribution in [0.3, 0.4) is 0 Å². The maximum atomic E-state index is 12.1. The third-order valence-electron chi connectivity index (χ3n) is 5.67. The van der Waals surface area contributed by atoms with E-state index in [1.807, 2.05) is 25.1 Å². The first-order chi connectivity index (χ1) is 16.2. The first-order valence-electron chi connectivity index (χ1n) is 11.3. The molecule has 0 saturated carbocycles. The van der Waals surface area contributed by atoms with E-state index >= 15 is 0 Å². The summed E-state index contributed by atoms with van der Waals surface area (Å²) >= 11 is 5.87. The molecule has 0 unspecified atom stereocenters. The van der Waals surface area contributed by atoms with E-state index in [2.05, 4.69) is 74.6 Å². The Labute approximate surface area is 208 Å². The Balaban J connectivity index is 1.71. The van der Waals surface area contributed by atoms with Crippen LogP contribution in [0.4, 0.5) is 10.5 Å². The van der Waals surface area contributed by atoms with Gasteiger partial charge in [0, 0.05) is 10.7 Å². The zero-order chi connectivity index (χ0) is 24.6.